The number of carbonyl (C=O) groups excluding carboxylic acids is 2. The van der Waals surface area contributed by atoms with Gasteiger partial charge in [0.05, 0.1) is 11.3 Å². The fourth-order valence-corrected chi connectivity index (χ4v) is 2.21. The van der Waals surface area contributed by atoms with Crippen molar-refractivity contribution < 1.29 is 14.3 Å². The minimum atomic E-state index is -0.265. The average Bonchev–Trinajstić information content (AvgIpc) is 2.42. The van der Waals surface area contributed by atoms with Crippen LogP contribution in [0.3, 0.4) is 0 Å². The molecule has 7 heteroatoms. The molecule has 0 radical (unpaired) electrons. The summed E-state index contributed by atoms with van der Waals surface area (Å²) >= 11 is 6.04. The highest BCUT2D eigenvalue weighted by Crippen LogP contribution is 2.37. The Labute approximate surface area is 128 Å². The number of amides is 2. The second-order valence-corrected chi connectivity index (χ2v) is 5.54. The van der Waals surface area contributed by atoms with Gasteiger partial charge in [0.2, 0.25) is 0 Å². The van der Waals surface area contributed by atoms with Gasteiger partial charge in [0.25, 0.3) is 11.8 Å². The summed E-state index contributed by atoms with van der Waals surface area (Å²) in [4.78, 5) is 27.3. The molecule has 2 rings (SSSR count). The van der Waals surface area contributed by atoms with Crippen molar-refractivity contribution in [3.8, 4) is 5.75 Å². The standard InChI is InChI=1S/C14H18ClN3O3/c1-17(2)5-4-16-14(20)10-6-9(15)7-11-13(10)21-8-12(19)18(11)3/h6-7H,4-5,8H2,1-3H3,(H,16,20). The van der Waals surface area contributed by atoms with Crippen molar-refractivity contribution in [2.24, 2.45) is 0 Å². The second-order valence-electron chi connectivity index (χ2n) is 5.10. The number of carbonyl (C=O) groups is 2. The van der Waals surface area contributed by atoms with Crippen molar-refractivity contribution in [3.63, 3.8) is 0 Å². The zero-order valence-corrected chi connectivity index (χ0v) is 13.0. The van der Waals surface area contributed by atoms with Crippen LogP contribution in [-0.2, 0) is 4.79 Å². The third kappa shape index (κ3) is 3.46. The maximum atomic E-state index is 12.3. The number of benzene rings is 1. The summed E-state index contributed by atoms with van der Waals surface area (Å²) in [5.74, 6) is -0.0501. The molecule has 1 heterocycles. The lowest BCUT2D eigenvalue weighted by molar-refractivity contribution is -0.121. The number of rotatable bonds is 4. The number of hydrogen-bond donors (Lipinski definition) is 1. The summed E-state index contributed by atoms with van der Waals surface area (Å²) in [6.45, 7) is 1.17. The molecule has 0 aliphatic carbocycles. The lowest BCUT2D eigenvalue weighted by Crippen LogP contribution is -2.37. The summed E-state index contributed by atoms with van der Waals surface area (Å²) < 4.78 is 5.42. The van der Waals surface area contributed by atoms with E-state index in [2.05, 4.69) is 5.32 Å². The first-order valence-electron chi connectivity index (χ1n) is 6.56. The van der Waals surface area contributed by atoms with Crippen molar-refractivity contribution in [3.05, 3.63) is 22.7 Å². The molecule has 0 aromatic heterocycles. The molecule has 21 heavy (non-hydrogen) atoms. The molecular weight excluding hydrogens is 294 g/mol. The van der Waals surface area contributed by atoms with Gasteiger partial charge >= 0.3 is 0 Å². The summed E-state index contributed by atoms with van der Waals surface area (Å²) in [6, 6.07) is 3.17. The molecule has 0 atom stereocenters. The average molecular weight is 312 g/mol. The minimum absolute atomic E-state index is 0.0802. The van der Waals surface area contributed by atoms with Crippen LogP contribution in [0, 0.1) is 0 Å². The number of nitrogens with zero attached hydrogens (tertiary/aromatic N) is 2. The van der Waals surface area contributed by atoms with Crippen LogP contribution in [0.1, 0.15) is 10.4 Å². The van der Waals surface area contributed by atoms with E-state index in [-0.39, 0.29) is 18.4 Å². The SMILES string of the molecule is CN(C)CCNC(=O)c1cc(Cl)cc2c1OCC(=O)N2C. The van der Waals surface area contributed by atoms with Crippen molar-refractivity contribution in [1.82, 2.24) is 10.2 Å². The van der Waals surface area contributed by atoms with Crippen LogP contribution in [-0.4, -0.2) is 57.6 Å². The molecule has 114 valence electrons. The quantitative estimate of drug-likeness (QED) is 0.900. The Bertz CT molecular complexity index is 575. The van der Waals surface area contributed by atoms with E-state index in [1.165, 1.54) is 4.90 Å². The predicted octanol–water partition coefficient (Wildman–Crippen LogP) is 0.987. The van der Waals surface area contributed by atoms with Gasteiger partial charge in [-0.25, -0.2) is 0 Å². The maximum absolute atomic E-state index is 12.3. The molecule has 0 saturated heterocycles. The molecular formula is C14H18ClN3O3. The van der Waals surface area contributed by atoms with Gasteiger partial charge in [0, 0.05) is 25.2 Å². The van der Waals surface area contributed by atoms with E-state index in [1.54, 1.807) is 19.2 Å². The zero-order chi connectivity index (χ0) is 15.6. The van der Waals surface area contributed by atoms with Gasteiger partial charge in [-0.3, -0.25) is 9.59 Å². The minimum Gasteiger partial charge on any atom is -0.481 e. The molecule has 0 bridgehead atoms. The highest BCUT2D eigenvalue weighted by atomic mass is 35.5. The Morgan fingerprint density at radius 1 is 1.48 bits per heavy atom. The Kier molecular flexibility index (Phi) is 4.69. The Balaban J connectivity index is 2.26. The molecule has 6 nitrogen and oxygen atoms in total. The molecule has 1 aliphatic rings. The van der Waals surface area contributed by atoms with E-state index in [1.807, 2.05) is 19.0 Å². The molecule has 2 amide bonds. The molecule has 1 aliphatic heterocycles. The van der Waals surface area contributed by atoms with Gasteiger partial charge in [-0.1, -0.05) is 11.6 Å². The van der Waals surface area contributed by atoms with Gasteiger partial charge in [-0.2, -0.15) is 0 Å². The highest BCUT2D eigenvalue weighted by Gasteiger charge is 2.27. The topological polar surface area (TPSA) is 61.9 Å². The summed E-state index contributed by atoms with van der Waals surface area (Å²) in [7, 11) is 5.49. The number of ether oxygens (including phenoxy) is 1. The van der Waals surface area contributed by atoms with Crippen molar-refractivity contribution in [2.75, 3.05) is 45.7 Å². The van der Waals surface area contributed by atoms with Crippen molar-refractivity contribution in [1.29, 1.82) is 0 Å². The number of nitrogens with one attached hydrogen (secondary N) is 1. The maximum Gasteiger partial charge on any atom is 0.264 e. The molecule has 1 N–H and O–H groups in total. The Morgan fingerprint density at radius 2 is 2.19 bits per heavy atom. The first-order chi connectivity index (χ1) is 9.90. The molecule has 0 saturated carbocycles. The zero-order valence-electron chi connectivity index (χ0n) is 12.3. The monoisotopic (exact) mass is 311 g/mol. The normalized spacial score (nSPS) is 14.0. The van der Waals surface area contributed by atoms with Crippen LogP contribution in [0.5, 0.6) is 5.75 Å². The van der Waals surface area contributed by atoms with E-state index in [0.29, 0.717) is 28.6 Å². The molecule has 1 aromatic carbocycles. The lowest BCUT2D eigenvalue weighted by atomic mass is 10.1. The van der Waals surface area contributed by atoms with Crippen LogP contribution in [0.15, 0.2) is 12.1 Å². The number of anilines is 1. The second kappa shape index (κ2) is 6.32. The molecule has 0 spiro atoms. The van der Waals surface area contributed by atoms with E-state index in [4.69, 9.17) is 16.3 Å². The third-order valence-corrected chi connectivity index (χ3v) is 3.42. The van der Waals surface area contributed by atoms with Gasteiger partial charge in [0.1, 0.15) is 0 Å². The number of fused-ring (bicyclic) bond motifs is 1. The number of likely N-dealkylation sites (N-methyl/N-ethyl adjacent to an activating group) is 2. The number of hydrogen-bond acceptors (Lipinski definition) is 4. The largest absolute Gasteiger partial charge is 0.481 e. The first kappa shape index (κ1) is 15.6. The fourth-order valence-electron chi connectivity index (χ4n) is 2.00. The van der Waals surface area contributed by atoms with Gasteiger partial charge in [-0.15, -0.1) is 0 Å². The van der Waals surface area contributed by atoms with Gasteiger partial charge in [-0.05, 0) is 26.2 Å². The van der Waals surface area contributed by atoms with Crippen molar-refractivity contribution in [2.45, 2.75) is 0 Å². The van der Waals surface area contributed by atoms with Crippen LogP contribution in [0.2, 0.25) is 5.02 Å². The van der Waals surface area contributed by atoms with E-state index >= 15 is 0 Å². The summed E-state index contributed by atoms with van der Waals surface area (Å²) in [6.07, 6.45) is 0. The van der Waals surface area contributed by atoms with E-state index in [0.717, 1.165) is 6.54 Å². The van der Waals surface area contributed by atoms with Crippen LogP contribution >= 0.6 is 11.6 Å². The Morgan fingerprint density at radius 3 is 2.86 bits per heavy atom. The highest BCUT2D eigenvalue weighted by molar-refractivity contribution is 6.31. The van der Waals surface area contributed by atoms with Gasteiger partial charge in [0.15, 0.2) is 12.4 Å². The summed E-state index contributed by atoms with van der Waals surface area (Å²) in [5.41, 5.74) is 0.854. The van der Waals surface area contributed by atoms with E-state index in [9.17, 15) is 9.59 Å². The van der Waals surface area contributed by atoms with Crippen LogP contribution in [0.25, 0.3) is 0 Å². The van der Waals surface area contributed by atoms with E-state index < -0.39 is 0 Å². The Hall–Kier alpha value is -1.79. The smallest absolute Gasteiger partial charge is 0.264 e. The fraction of sp³-hybridized carbons (Fsp3) is 0.429. The molecule has 0 fully saturated rings. The molecule has 1 aromatic rings. The lowest BCUT2D eigenvalue weighted by Gasteiger charge is -2.27. The van der Waals surface area contributed by atoms with Gasteiger partial charge < -0.3 is 19.9 Å². The third-order valence-electron chi connectivity index (χ3n) is 3.20. The molecule has 0 unspecified atom stereocenters. The summed E-state index contributed by atoms with van der Waals surface area (Å²) in [5, 5.41) is 3.20. The number of halogens is 1. The predicted molar refractivity (Wildman–Crippen MR) is 81.2 cm³/mol. The van der Waals surface area contributed by atoms with Crippen molar-refractivity contribution >= 4 is 29.1 Å². The van der Waals surface area contributed by atoms with Crippen LogP contribution < -0.4 is 15.0 Å². The first-order valence-corrected chi connectivity index (χ1v) is 6.93. The van der Waals surface area contributed by atoms with Crippen LogP contribution in [0.4, 0.5) is 5.69 Å².